The van der Waals surface area contributed by atoms with Crippen LogP contribution in [0.2, 0.25) is 0 Å². The Balaban J connectivity index is 1.97. The van der Waals surface area contributed by atoms with Gasteiger partial charge in [0, 0.05) is 11.5 Å². The Bertz CT molecular complexity index is 929. The van der Waals surface area contributed by atoms with E-state index in [0.29, 0.717) is 22.9 Å². The summed E-state index contributed by atoms with van der Waals surface area (Å²) < 4.78 is 38.2. The summed E-state index contributed by atoms with van der Waals surface area (Å²) in [5.74, 6) is -0.158. The minimum atomic E-state index is -4.38. The maximum Gasteiger partial charge on any atom is 0.416 e. The Morgan fingerprint density at radius 2 is 1.74 bits per heavy atom. The van der Waals surface area contributed by atoms with Gasteiger partial charge in [-0.1, -0.05) is 24.3 Å². The van der Waals surface area contributed by atoms with Crippen molar-refractivity contribution < 1.29 is 18.3 Å². The molecule has 3 aromatic rings. The third-order valence-corrected chi connectivity index (χ3v) is 3.55. The molecule has 0 saturated heterocycles. The summed E-state index contributed by atoms with van der Waals surface area (Å²) in [7, 11) is 0. The van der Waals surface area contributed by atoms with E-state index in [1.807, 2.05) is 0 Å². The van der Waals surface area contributed by atoms with E-state index < -0.39 is 17.3 Å². The van der Waals surface area contributed by atoms with Crippen molar-refractivity contribution in [2.45, 2.75) is 12.6 Å². The molecule has 2 N–H and O–H groups in total. The smallest absolute Gasteiger partial charge is 0.416 e. The largest absolute Gasteiger partial charge is 0.507 e. The van der Waals surface area contributed by atoms with E-state index in [1.54, 1.807) is 24.3 Å². The minimum absolute atomic E-state index is 0.158. The highest BCUT2D eigenvalue weighted by atomic mass is 19.4. The van der Waals surface area contributed by atoms with Gasteiger partial charge in [-0.05, 0) is 35.7 Å². The molecule has 0 unspecified atom stereocenters. The van der Waals surface area contributed by atoms with Crippen molar-refractivity contribution >= 4 is 10.9 Å². The second-order valence-electron chi connectivity index (χ2n) is 5.27. The zero-order valence-electron chi connectivity index (χ0n) is 11.8. The summed E-state index contributed by atoms with van der Waals surface area (Å²) in [6.45, 7) is 0. The molecule has 0 saturated carbocycles. The van der Waals surface area contributed by atoms with Crippen LogP contribution in [0.5, 0.6) is 5.75 Å². The van der Waals surface area contributed by atoms with Crippen molar-refractivity contribution in [3.63, 3.8) is 0 Å². The topological polar surface area (TPSA) is 53.1 Å². The summed E-state index contributed by atoms with van der Waals surface area (Å²) in [5.41, 5.74) is 0.619. The van der Waals surface area contributed by atoms with Crippen LogP contribution in [0.3, 0.4) is 0 Å². The third kappa shape index (κ3) is 3.21. The zero-order valence-corrected chi connectivity index (χ0v) is 11.8. The fourth-order valence-corrected chi connectivity index (χ4v) is 2.49. The molecule has 0 aliphatic rings. The first-order chi connectivity index (χ1) is 10.8. The Hall–Kier alpha value is -2.76. The van der Waals surface area contributed by atoms with Crippen molar-refractivity contribution in [3.05, 3.63) is 75.6 Å². The van der Waals surface area contributed by atoms with Crippen molar-refractivity contribution in [1.29, 1.82) is 0 Å². The molecule has 1 heterocycles. The molecule has 23 heavy (non-hydrogen) atoms. The van der Waals surface area contributed by atoms with E-state index in [9.17, 15) is 23.1 Å². The van der Waals surface area contributed by atoms with E-state index in [4.69, 9.17) is 0 Å². The fraction of sp³-hybridized carbons (Fsp3) is 0.118. The summed E-state index contributed by atoms with van der Waals surface area (Å²) in [6.07, 6.45) is -4.09. The normalized spacial score (nSPS) is 11.8. The number of hydrogen-bond donors (Lipinski definition) is 2. The molecule has 0 aliphatic heterocycles. The lowest BCUT2D eigenvalue weighted by atomic mass is 10.0. The number of H-pyrrole nitrogens is 1. The Labute approximate surface area is 129 Å². The van der Waals surface area contributed by atoms with E-state index in [0.717, 1.165) is 23.8 Å². The lowest BCUT2D eigenvalue weighted by Gasteiger charge is -2.09. The zero-order chi connectivity index (χ0) is 16.6. The predicted molar refractivity (Wildman–Crippen MR) is 80.5 cm³/mol. The highest BCUT2D eigenvalue weighted by Crippen LogP contribution is 2.30. The number of aromatic nitrogens is 1. The summed E-state index contributed by atoms with van der Waals surface area (Å²) in [4.78, 5) is 13.9. The van der Waals surface area contributed by atoms with E-state index in [2.05, 4.69) is 4.98 Å². The molecular weight excluding hydrogens is 307 g/mol. The van der Waals surface area contributed by atoms with Gasteiger partial charge in [0.2, 0.25) is 0 Å². The number of halogens is 3. The van der Waals surface area contributed by atoms with E-state index >= 15 is 0 Å². The molecule has 0 amide bonds. The number of rotatable bonds is 2. The fourth-order valence-electron chi connectivity index (χ4n) is 2.49. The van der Waals surface area contributed by atoms with Crippen molar-refractivity contribution in [1.82, 2.24) is 4.98 Å². The number of benzene rings is 2. The lowest BCUT2D eigenvalue weighted by molar-refractivity contribution is -0.137. The first-order valence-electron chi connectivity index (χ1n) is 6.84. The van der Waals surface area contributed by atoms with Crippen LogP contribution in [-0.2, 0) is 12.6 Å². The summed E-state index contributed by atoms with van der Waals surface area (Å²) >= 11 is 0. The molecule has 0 spiro atoms. The molecular formula is C17H12F3NO2. The van der Waals surface area contributed by atoms with Gasteiger partial charge in [0.15, 0.2) is 0 Å². The van der Waals surface area contributed by atoms with Gasteiger partial charge < -0.3 is 10.1 Å². The number of fused-ring (bicyclic) bond motifs is 1. The SMILES string of the molecule is O=c1cc(O)c2cc(Cc3cccc(C(F)(F)F)c3)ccc2[nH]1. The molecule has 1 aromatic heterocycles. The van der Waals surface area contributed by atoms with Crippen molar-refractivity contribution in [2.24, 2.45) is 0 Å². The second-order valence-corrected chi connectivity index (χ2v) is 5.27. The van der Waals surface area contributed by atoms with Gasteiger partial charge in [0.25, 0.3) is 5.56 Å². The van der Waals surface area contributed by atoms with Crippen LogP contribution in [0.1, 0.15) is 16.7 Å². The Morgan fingerprint density at radius 1 is 1.00 bits per heavy atom. The molecule has 0 aliphatic carbocycles. The second kappa shape index (κ2) is 5.46. The van der Waals surface area contributed by atoms with Crippen LogP contribution < -0.4 is 5.56 Å². The molecule has 3 rings (SSSR count). The standard InChI is InChI=1S/C17H12F3NO2/c18-17(19,20)12-3-1-2-10(7-12)6-11-4-5-14-13(8-11)15(22)9-16(23)21-14/h1-5,7-9H,6H2,(H2,21,22,23). The van der Waals surface area contributed by atoms with E-state index in [-0.39, 0.29) is 5.75 Å². The maximum atomic E-state index is 12.7. The number of alkyl halides is 3. The van der Waals surface area contributed by atoms with Gasteiger partial charge in [0.1, 0.15) is 5.75 Å². The van der Waals surface area contributed by atoms with Crippen molar-refractivity contribution in [2.75, 3.05) is 0 Å². The average Bonchev–Trinajstić information content (AvgIpc) is 2.47. The molecule has 0 radical (unpaired) electrons. The van der Waals surface area contributed by atoms with Crippen LogP contribution in [0, 0.1) is 0 Å². The molecule has 6 heteroatoms. The molecule has 3 nitrogen and oxygen atoms in total. The number of pyridine rings is 1. The Morgan fingerprint density at radius 3 is 2.48 bits per heavy atom. The predicted octanol–water partition coefficient (Wildman–Crippen LogP) is 3.84. The summed E-state index contributed by atoms with van der Waals surface area (Å²) in [5, 5.41) is 10.3. The van der Waals surface area contributed by atoms with Gasteiger partial charge in [-0.25, -0.2) is 0 Å². The van der Waals surface area contributed by atoms with E-state index in [1.165, 1.54) is 6.07 Å². The quantitative estimate of drug-likeness (QED) is 0.754. The van der Waals surface area contributed by atoms with Gasteiger partial charge in [-0.15, -0.1) is 0 Å². The Kier molecular flexibility index (Phi) is 3.60. The minimum Gasteiger partial charge on any atom is -0.507 e. The van der Waals surface area contributed by atoms with Gasteiger partial charge in [-0.2, -0.15) is 13.2 Å². The van der Waals surface area contributed by atoms with Crippen LogP contribution in [0.4, 0.5) is 13.2 Å². The van der Waals surface area contributed by atoms with Crippen LogP contribution in [0.25, 0.3) is 10.9 Å². The summed E-state index contributed by atoms with van der Waals surface area (Å²) in [6, 6.07) is 11.2. The monoisotopic (exact) mass is 319 g/mol. The van der Waals surface area contributed by atoms with Crippen molar-refractivity contribution in [3.8, 4) is 5.75 Å². The van der Waals surface area contributed by atoms with Crippen LogP contribution >= 0.6 is 0 Å². The van der Waals surface area contributed by atoms with Gasteiger partial charge in [0.05, 0.1) is 11.1 Å². The highest BCUT2D eigenvalue weighted by molar-refractivity contribution is 5.85. The maximum absolute atomic E-state index is 12.7. The molecule has 2 aromatic carbocycles. The molecule has 0 bridgehead atoms. The first kappa shape index (κ1) is 15.1. The number of hydrogen-bond acceptors (Lipinski definition) is 2. The highest BCUT2D eigenvalue weighted by Gasteiger charge is 2.30. The molecule has 0 fully saturated rings. The lowest BCUT2D eigenvalue weighted by Crippen LogP contribution is -2.05. The third-order valence-electron chi connectivity index (χ3n) is 3.55. The van der Waals surface area contributed by atoms with Gasteiger partial charge >= 0.3 is 6.18 Å². The number of aromatic amines is 1. The van der Waals surface area contributed by atoms with Crippen LogP contribution in [-0.4, -0.2) is 10.1 Å². The van der Waals surface area contributed by atoms with Crippen LogP contribution in [0.15, 0.2) is 53.3 Å². The average molecular weight is 319 g/mol. The number of aromatic hydroxyl groups is 1. The number of nitrogens with one attached hydrogen (secondary N) is 1. The van der Waals surface area contributed by atoms with Gasteiger partial charge in [-0.3, -0.25) is 4.79 Å². The molecule has 0 atom stereocenters. The molecule has 118 valence electrons. The first-order valence-corrected chi connectivity index (χ1v) is 6.84.